The van der Waals surface area contributed by atoms with Gasteiger partial charge in [-0.2, -0.15) is 0 Å². The molecule has 3 heteroatoms. The van der Waals surface area contributed by atoms with Crippen LogP contribution in [-0.4, -0.2) is 6.26 Å². The minimum atomic E-state index is 1.04. The maximum atomic E-state index is 3.94. The Morgan fingerprint density at radius 2 is 2.30 bits per heavy atom. The fourth-order valence-corrected chi connectivity index (χ4v) is 1.29. The van der Waals surface area contributed by atoms with Gasteiger partial charge in [0.25, 0.3) is 0 Å². The van der Waals surface area contributed by atoms with E-state index in [1.807, 2.05) is 12.1 Å². The second-order valence-electron chi connectivity index (χ2n) is 1.84. The Labute approximate surface area is 70.8 Å². The summed E-state index contributed by atoms with van der Waals surface area (Å²) in [6.07, 6.45) is 2.05. The Hall–Kier alpha value is -0.280. The van der Waals surface area contributed by atoms with Crippen LogP contribution in [0.2, 0.25) is 0 Å². The van der Waals surface area contributed by atoms with Crippen LogP contribution in [0.25, 0.3) is 0 Å². The van der Waals surface area contributed by atoms with Crippen LogP contribution in [0.1, 0.15) is 0 Å². The predicted octanol–water partition coefficient (Wildman–Crippen LogP) is 2.67. The van der Waals surface area contributed by atoms with Crippen molar-refractivity contribution >= 4 is 30.3 Å². The van der Waals surface area contributed by atoms with Crippen LogP contribution in [0.15, 0.2) is 29.2 Å². The van der Waals surface area contributed by atoms with Gasteiger partial charge in [-0.3, -0.25) is 0 Å². The van der Waals surface area contributed by atoms with E-state index in [0.717, 1.165) is 5.69 Å². The highest BCUT2D eigenvalue weighted by Crippen LogP contribution is 2.18. The number of nitrogens with one attached hydrogen (secondary N) is 1. The van der Waals surface area contributed by atoms with E-state index in [9.17, 15) is 0 Å². The van der Waals surface area contributed by atoms with Crippen LogP contribution < -0.4 is 4.72 Å². The van der Waals surface area contributed by atoms with Crippen molar-refractivity contribution in [1.29, 1.82) is 0 Å². The lowest BCUT2D eigenvalue weighted by Gasteiger charge is -1.99. The summed E-state index contributed by atoms with van der Waals surface area (Å²) < 4.78 is 2.78. The second-order valence-corrected chi connectivity index (χ2v) is 2.95. The molecule has 0 radical (unpaired) electrons. The zero-order chi connectivity index (χ0) is 7.40. The third kappa shape index (κ3) is 1.85. The van der Waals surface area contributed by atoms with E-state index in [4.69, 9.17) is 0 Å². The normalized spacial score (nSPS) is 9.40. The minimum Gasteiger partial charge on any atom is -0.332 e. The van der Waals surface area contributed by atoms with Crippen molar-refractivity contribution in [2.24, 2.45) is 0 Å². The lowest BCUT2D eigenvalue weighted by Crippen LogP contribution is -1.78. The van der Waals surface area contributed by atoms with Crippen molar-refractivity contribution in [3.8, 4) is 0 Å². The molecule has 0 unspecified atom stereocenters. The van der Waals surface area contributed by atoms with E-state index < -0.39 is 0 Å². The zero-order valence-electron chi connectivity index (χ0n) is 5.66. The van der Waals surface area contributed by atoms with Gasteiger partial charge in [-0.1, -0.05) is 18.9 Å². The third-order valence-corrected chi connectivity index (χ3v) is 2.18. The van der Waals surface area contributed by atoms with Gasteiger partial charge in [0.2, 0.25) is 0 Å². The summed E-state index contributed by atoms with van der Waals surface area (Å²) in [5.74, 6) is 0. The lowest BCUT2D eigenvalue weighted by atomic mass is 10.3. The fraction of sp³-hybridized carbons (Fsp3) is 0.143. The molecule has 1 aromatic carbocycles. The van der Waals surface area contributed by atoms with Crippen molar-refractivity contribution in [1.82, 2.24) is 0 Å². The van der Waals surface area contributed by atoms with Gasteiger partial charge in [0.05, 0.1) is 0 Å². The molecule has 0 spiro atoms. The van der Waals surface area contributed by atoms with Crippen LogP contribution in [0, 0.1) is 0 Å². The van der Waals surface area contributed by atoms with Crippen molar-refractivity contribution in [2.75, 3.05) is 11.0 Å². The summed E-state index contributed by atoms with van der Waals surface area (Å²) in [4.78, 5) is 1.25. The molecule has 0 aliphatic rings. The molecule has 0 atom stereocenters. The van der Waals surface area contributed by atoms with Crippen molar-refractivity contribution < 1.29 is 0 Å². The van der Waals surface area contributed by atoms with Crippen molar-refractivity contribution in [3.63, 3.8) is 0 Å². The summed E-state index contributed by atoms with van der Waals surface area (Å²) in [5.41, 5.74) is 1.04. The van der Waals surface area contributed by atoms with Crippen LogP contribution in [0.5, 0.6) is 0 Å². The molecule has 54 valence electrons. The van der Waals surface area contributed by atoms with Gasteiger partial charge < -0.3 is 4.72 Å². The highest BCUT2D eigenvalue weighted by Gasteiger charge is 1.89. The van der Waals surface area contributed by atoms with E-state index in [1.54, 1.807) is 11.8 Å². The summed E-state index contributed by atoms with van der Waals surface area (Å²) >= 11 is 5.66. The molecule has 1 aromatic rings. The number of hydrogen-bond acceptors (Lipinski definition) is 3. The quantitative estimate of drug-likeness (QED) is 0.524. The van der Waals surface area contributed by atoms with Gasteiger partial charge in [-0.15, -0.1) is 11.8 Å². The Kier molecular flexibility index (Phi) is 2.96. The lowest BCUT2D eigenvalue weighted by molar-refractivity contribution is 1.47. The number of thiol groups is 1. The molecule has 1 nitrogen and oxygen atoms in total. The molecule has 0 aliphatic carbocycles. The second kappa shape index (κ2) is 3.78. The van der Waals surface area contributed by atoms with Crippen molar-refractivity contribution in [3.05, 3.63) is 24.3 Å². The molecule has 0 saturated heterocycles. The number of rotatable bonds is 2. The highest BCUT2D eigenvalue weighted by atomic mass is 32.2. The van der Waals surface area contributed by atoms with Gasteiger partial charge in [0.1, 0.15) is 0 Å². The monoisotopic (exact) mass is 171 g/mol. The molecule has 0 aliphatic heterocycles. The number of thioether (sulfide) groups is 1. The molecule has 0 bridgehead atoms. The molecule has 0 heterocycles. The molecule has 10 heavy (non-hydrogen) atoms. The first-order chi connectivity index (χ1) is 4.86. The fourth-order valence-electron chi connectivity index (χ4n) is 0.693. The molecule has 0 saturated carbocycles. The molecule has 0 aromatic heterocycles. The summed E-state index contributed by atoms with van der Waals surface area (Å²) in [6.45, 7) is 0. The van der Waals surface area contributed by atoms with Crippen LogP contribution >= 0.6 is 24.6 Å². The van der Waals surface area contributed by atoms with E-state index in [2.05, 4.69) is 35.9 Å². The molecule has 1 rings (SSSR count). The van der Waals surface area contributed by atoms with E-state index >= 15 is 0 Å². The Morgan fingerprint density at radius 1 is 1.50 bits per heavy atom. The predicted molar refractivity (Wildman–Crippen MR) is 50.8 cm³/mol. The SMILES string of the molecule is CSc1cccc(NS)c1. The van der Waals surface area contributed by atoms with E-state index in [1.165, 1.54) is 4.90 Å². The van der Waals surface area contributed by atoms with Gasteiger partial charge >= 0.3 is 0 Å². The molecular formula is C7H9NS2. The molecule has 0 fully saturated rings. The Bertz CT molecular complexity index is 193. The van der Waals surface area contributed by atoms with Crippen LogP contribution in [0.3, 0.4) is 0 Å². The third-order valence-electron chi connectivity index (χ3n) is 1.20. The minimum absolute atomic E-state index is 1.04. The largest absolute Gasteiger partial charge is 0.332 e. The Morgan fingerprint density at radius 3 is 2.90 bits per heavy atom. The first kappa shape index (κ1) is 7.82. The number of hydrogen-bond donors (Lipinski definition) is 2. The topological polar surface area (TPSA) is 12.0 Å². The molecule has 0 amide bonds. The summed E-state index contributed by atoms with van der Waals surface area (Å²) in [7, 11) is 0. The van der Waals surface area contributed by atoms with Crippen LogP contribution in [-0.2, 0) is 0 Å². The van der Waals surface area contributed by atoms with E-state index in [0.29, 0.717) is 0 Å². The average molecular weight is 171 g/mol. The summed E-state index contributed by atoms with van der Waals surface area (Å²) in [5, 5.41) is 0. The maximum Gasteiger partial charge on any atom is 0.0449 e. The smallest absolute Gasteiger partial charge is 0.0449 e. The van der Waals surface area contributed by atoms with Gasteiger partial charge in [-0.05, 0) is 24.5 Å². The Balaban J connectivity index is 2.87. The standard InChI is InChI=1S/C7H9NS2/c1-10-7-4-2-3-6(5-7)8-9/h2-5,8-9H,1H3. The number of benzene rings is 1. The maximum absolute atomic E-state index is 3.94. The molecule has 1 N–H and O–H groups in total. The zero-order valence-corrected chi connectivity index (χ0v) is 7.38. The van der Waals surface area contributed by atoms with Gasteiger partial charge in [-0.25, -0.2) is 0 Å². The van der Waals surface area contributed by atoms with Crippen molar-refractivity contribution in [2.45, 2.75) is 4.90 Å². The highest BCUT2D eigenvalue weighted by molar-refractivity contribution is 7.98. The van der Waals surface area contributed by atoms with Gasteiger partial charge in [0.15, 0.2) is 0 Å². The first-order valence-corrected chi connectivity index (χ1v) is 4.58. The van der Waals surface area contributed by atoms with E-state index in [-0.39, 0.29) is 0 Å². The average Bonchev–Trinajstić information content (AvgIpc) is 2.05. The molecular weight excluding hydrogens is 162 g/mol. The van der Waals surface area contributed by atoms with Crippen LogP contribution in [0.4, 0.5) is 5.69 Å². The number of anilines is 1. The summed E-state index contributed by atoms with van der Waals surface area (Å²) in [6, 6.07) is 8.11. The van der Waals surface area contributed by atoms with Gasteiger partial charge in [0, 0.05) is 10.6 Å². The first-order valence-electron chi connectivity index (χ1n) is 2.91.